The van der Waals surface area contributed by atoms with Crippen molar-refractivity contribution in [1.82, 2.24) is 30.5 Å². The van der Waals surface area contributed by atoms with Crippen LogP contribution in [0.4, 0.5) is 5.82 Å². The number of aryl methyl sites for hydroxylation is 1. The summed E-state index contributed by atoms with van der Waals surface area (Å²) >= 11 is 1.46. The van der Waals surface area contributed by atoms with Crippen LogP contribution in [0.5, 0.6) is 0 Å². The van der Waals surface area contributed by atoms with Gasteiger partial charge in [0.25, 0.3) is 0 Å². The molecule has 1 atom stereocenters. The van der Waals surface area contributed by atoms with Crippen molar-refractivity contribution in [2.75, 3.05) is 30.3 Å². The van der Waals surface area contributed by atoms with Crippen LogP contribution < -0.4 is 10.2 Å². The monoisotopic (exact) mass is 377 g/mol. The number of rotatable bonds is 7. The topological polar surface area (TPSA) is 98.1 Å². The first kappa shape index (κ1) is 18.6. The Bertz CT molecular complexity index is 722. The summed E-state index contributed by atoms with van der Waals surface area (Å²) in [5.41, 5.74) is 0.980. The molecule has 140 valence electrons. The van der Waals surface area contributed by atoms with Crippen molar-refractivity contribution in [3.63, 3.8) is 0 Å². The number of tetrazole rings is 1. The summed E-state index contributed by atoms with van der Waals surface area (Å²) < 4.78 is 7.14. The fraction of sp³-hybridized carbons (Fsp3) is 0.562. The zero-order chi connectivity index (χ0) is 18.4. The zero-order valence-corrected chi connectivity index (χ0v) is 15.8. The van der Waals surface area contributed by atoms with E-state index < -0.39 is 0 Å². The number of hydrogen-bond acceptors (Lipinski definition) is 8. The number of morpholine rings is 1. The van der Waals surface area contributed by atoms with E-state index >= 15 is 0 Å². The Morgan fingerprint density at radius 3 is 3.04 bits per heavy atom. The van der Waals surface area contributed by atoms with E-state index in [9.17, 15) is 4.79 Å². The highest BCUT2D eigenvalue weighted by Gasteiger charge is 2.17. The van der Waals surface area contributed by atoms with Crippen molar-refractivity contribution in [2.24, 2.45) is 7.05 Å². The minimum absolute atomic E-state index is 0.00120. The molecule has 3 heterocycles. The highest BCUT2D eigenvalue weighted by atomic mass is 32.2. The third kappa shape index (κ3) is 5.15. The first-order valence-electron chi connectivity index (χ1n) is 8.55. The Morgan fingerprint density at radius 2 is 2.35 bits per heavy atom. The molecule has 1 N–H and O–H groups in total. The fourth-order valence-electron chi connectivity index (χ4n) is 2.60. The number of amides is 1. The van der Waals surface area contributed by atoms with Crippen molar-refractivity contribution in [1.29, 1.82) is 0 Å². The molecule has 0 aliphatic carbocycles. The molecule has 2 aromatic rings. The number of anilines is 1. The molecule has 1 fully saturated rings. The molecule has 2 aromatic heterocycles. The minimum Gasteiger partial charge on any atom is -0.375 e. The van der Waals surface area contributed by atoms with Crippen LogP contribution in [0.1, 0.15) is 18.9 Å². The summed E-state index contributed by atoms with van der Waals surface area (Å²) in [7, 11) is 1.77. The fourth-order valence-corrected chi connectivity index (χ4v) is 3.39. The number of nitrogens with zero attached hydrogens (tertiary/aromatic N) is 6. The number of hydrogen-bond donors (Lipinski definition) is 1. The van der Waals surface area contributed by atoms with Crippen molar-refractivity contribution in [2.45, 2.75) is 31.1 Å². The number of pyridine rings is 1. The standard InChI is InChI=1S/C16H23N7O2S/c1-12-11-23(6-7-25-12)14-4-3-13(9-17-14)10-18-15(24)5-8-26-16-19-20-21-22(16)2/h3-4,9,12H,5-8,10-11H2,1-2H3,(H,18,24). The first-order chi connectivity index (χ1) is 12.6. The van der Waals surface area contributed by atoms with E-state index in [0.29, 0.717) is 23.9 Å². The summed E-state index contributed by atoms with van der Waals surface area (Å²) in [5.74, 6) is 1.58. The average molecular weight is 377 g/mol. The van der Waals surface area contributed by atoms with Crippen molar-refractivity contribution in [3.8, 4) is 0 Å². The zero-order valence-electron chi connectivity index (χ0n) is 15.0. The van der Waals surface area contributed by atoms with Gasteiger partial charge in [0.2, 0.25) is 11.1 Å². The van der Waals surface area contributed by atoms with E-state index in [1.165, 1.54) is 11.8 Å². The van der Waals surface area contributed by atoms with Gasteiger partial charge in [0.15, 0.2) is 0 Å². The maximum Gasteiger partial charge on any atom is 0.221 e. The number of ether oxygens (including phenoxy) is 1. The van der Waals surface area contributed by atoms with E-state index in [0.717, 1.165) is 31.1 Å². The molecule has 3 rings (SSSR count). The average Bonchev–Trinajstić information content (AvgIpc) is 3.05. The van der Waals surface area contributed by atoms with Crippen LogP contribution in [0.3, 0.4) is 0 Å². The second kappa shape index (κ2) is 8.95. The predicted octanol–water partition coefficient (Wildman–Crippen LogP) is 0.629. The lowest BCUT2D eigenvalue weighted by atomic mass is 10.2. The lowest BCUT2D eigenvalue weighted by Gasteiger charge is -2.32. The third-order valence-electron chi connectivity index (χ3n) is 4.01. The third-order valence-corrected chi connectivity index (χ3v) is 5.02. The SMILES string of the molecule is CC1CN(c2ccc(CNC(=O)CCSc3nnnn3C)cn2)CCO1. The highest BCUT2D eigenvalue weighted by molar-refractivity contribution is 7.99. The van der Waals surface area contributed by atoms with Gasteiger partial charge >= 0.3 is 0 Å². The number of aromatic nitrogens is 5. The molecule has 1 unspecified atom stereocenters. The van der Waals surface area contributed by atoms with Crippen LogP contribution in [-0.4, -0.2) is 62.7 Å². The Hall–Kier alpha value is -2.20. The number of nitrogens with one attached hydrogen (secondary N) is 1. The number of carbonyl (C=O) groups excluding carboxylic acids is 1. The molecular formula is C16H23N7O2S. The minimum atomic E-state index is -0.00120. The van der Waals surface area contributed by atoms with E-state index in [2.05, 4.69) is 37.6 Å². The van der Waals surface area contributed by atoms with Crippen LogP contribution in [0.2, 0.25) is 0 Å². The molecule has 1 aliphatic rings. The maximum atomic E-state index is 12.0. The van der Waals surface area contributed by atoms with Gasteiger partial charge in [-0.05, 0) is 29.0 Å². The molecule has 1 saturated heterocycles. The quantitative estimate of drug-likeness (QED) is 0.702. The summed E-state index contributed by atoms with van der Waals surface area (Å²) in [4.78, 5) is 18.7. The molecule has 0 bridgehead atoms. The summed E-state index contributed by atoms with van der Waals surface area (Å²) in [5, 5.41) is 14.8. The van der Waals surface area contributed by atoms with Gasteiger partial charge in [-0.25, -0.2) is 9.67 Å². The number of carbonyl (C=O) groups is 1. The lowest BCUT2D eigenvalue weighted by Crippen LogP contribution is -2.41. The molecular weight excluding hydrogens is 354 g/mol. The van der Waals surface area contributed by atoms with Crippen molar-refractivity contribution in [3.05, 3.63) is 23.9 Å². The second-order valence-corrected chi connectivity index (χ2v) is 7.17. The van der Waals surface area contributed by atoms with Gasteiger partial charge < -0.3 is 15.0 Å². The Morgan fingerprint density at radius 1 is 1.46 bits per heavy atom. The van der Waals surface area contributed by atoms with E-state index in [1.807, 2.05) is 18.3 Å². The van der Waals surface area contributed by atoms with Gasteiger partial charge in [-0.2, -0.15) is 0 Å². The number of thioether (sulfide) groups is 1. The molecule has 10 heteroatoms. The van der Waals surface area contributed by atoms with Crippen LogP contribution in [0, 0.1) is 0 Å². The summed E-state index contributed by atoms with van der Waals surface area (Å²) in [6.07, 6.45) is 2.45. The van der Waals surface area contributed by atoms with E-state index in [4.69, 9.17) is 4.74 Å². The van der Waals surface area contributed by atoms with Crippen molar-refractivity contribution >= 4 is 23.5 Å². The largest absolute Gasteiger partial charge is 0.375 e. The van der Waals surface area contributed by atoms with Gasteiger partial charge in [-0.15, -0.1) is 5.10 Å². The second-order valence-electron chi connectivity index (χ2n) is 6.11. The molecule has 26 heavy (non-hydrogen) atoms. The normalized spacial score (nSPS) is 17.3. The predicted molar refractivity (Wildman–Crippen MR) is 97.8 cm³/mol. The summed E-state index contributed by atoms with van der Waals surface area (Å²) in [6.45, 7) is 4.97. The summed E-state index contributed by atoms with van der Waals surface area (Å²) in [6, 6.07) is 4.00. The highest BCUT2D eigenvalue weighted by Crippen LogP contribution is 2.16. The van der Waals surface area contributed by atoms with Crippen LogP contribution in [0.25, 0.3) is 0 Å². The van der Waals surface area contributed by atoms with E-state index in [-0.39, 0.29) is 12.0 Å². The van der Waals surface area contributed by atoms with Gasteiger partial charge in [-0.3, -0.25) is 4.79 Å². The van der Waals surface area contributed by atoms with Gasteiger partial charge in [0.05, 0.1) is 12.7 Å². The maximum absolute atomic E-state index is 12.0. The molecule has 1 aliphatic heterocycles. The molecule has 0 aromatic carbocycles. The Labute approximate surface area is 156 Å². The van der Waals surface area contributed by atoms with Crippen LogP contribution in [0.15, 0.2) is 23.5 Å². The lowest BCUT2D eigenvalue weighted by molar-refractivity contribution is -0.120. The van der Waals surface area contributed by atoms with Crippen LogP contribution >= 0.6 is 11.8 Å². The Kier molecular flexibility index (Phi) is 6.40. The molecule has 0 spiro atoms. The molecule has 0 saturated carbocycles. The molecule has 1 amide bonds. The van der Waals surface area contributed by atoms with Crippen molar-refractivity contribution < 1.29 is 9.53 Å². The molecule has 9 nitrogen and oxygen atoms in total. The first-order valence-corrected chi connectivity index (χ1v) is 9.53. The van der Waals surface area contributed by atoms with Gasteiger partial charge in [0, 0.05) is 45.1 Å². The molecule has 0 radical (unpaired) electrons. The van der Waals surface area contributed by atoms with Gasteiger partial charge in [-0.1, -0.05) is 17.8 Å². The van der Waals surface area contributed by atoms with Crippen LogP contribution in [-0.2, 0) is 23.1 Å². The smallest absolute Gasteiger partial charge is 0.221 e. The Balaban J connectivity index is 1.40. The van der Waals surface area contributed by atoms with E-state index in [1.54, 1.807) is 11.7 Å². The van der Waals surface area contributed by atoms with Gasteiger partial charge in [0.1, 0.15) is 5.82 Å².